The molecule has 0 fully saturated rings. The lowest BCUT2D eigenvalue weighted by Gasteiger charge is -2.07. The number of thiazole rings is 1. The van der Waals surface area contributed by atoms with Crippen LogP contribution in [0.3, 0.4) is 0 Å². The molecule has 134 valence electrons. The smallest absolute Gasteiger partial charge is 0.272 e. The van der Waals surface area contributed by atoms with Gasteiger partial charge in [-0.05, 0) is 30.5 Å². The highest BCUT2D eigenvalue weighted by Gasteiger charge is 2.17. The number of thioether (sulfide) groups is 1. The van der Waals surface area contributed by atoms with Crippen LogP contribution in [-0.4, -0.2) is 22.6 Å². The van der Waals surface area contributed by atoms with Gasteiger partial charge in [0, 0.05) is 15.8 Å². The van der Waals surface area contributed by atoms with E-state index < -0.39 is 11.8 Å². The number of hydrogen-bond acceptors (Lipinski definition) is 6. The van der Waals surface area contributed by atoms with Crippen molar-refractivity contribution in [2.75, 3.05) is 5.75 Å². The van der Waals surface area contributed by atoms with E-state index in [1.807, 2.05) is 16.8 Å². The van der Waals surface area contributed by atoms with Crippen molar-refractivity contribution in [3.05, 3.63) is 57.5 Å². The Bertz CT molecular complexity index is 925. The molecule has 0 radical (unpaired) electrons. The largest absolute Gasteiger partial charge is 0.281 e. The predicted octanol–water partition coefficient (Wildman–Crippen LogP) is 3.87. The van der Waals surface area contributed by atoms with Crippen LogP contribution in [0, 0.1) is 12.7 Å². The Kier molecular flexibility index (Phi) is 6.02. The minimum absolute atomic E-state index is 0.0109. The van der Waals surface area contributed by atoms with Crippen molar-refractivity contribution in [2.45, 2.75) is 11.8 Å². The Morgan fingerprint density at radius 2 is 2.04 bits per heavy atom. The molecule has 0 aliphatic carbocycles. The molecule has 9 heteroatoms. The molecule has 5 nitrogen and oxygen atoms in total. The molecule has 3 aromatic rings. The number of thiophene rings is 1. The van der Waals surface area contributed by atoms with Crippen molar-refractivity contribution in [1.29, 1.82) is 0 Å². The molecule has 0 aliphatic rings. The number of aryl methyl sites for hydroxylation is 1. The third-order valence-electron chi connectivity index (χ3n) is 3.28. The number of aromatic nitrogens is 1. The first kappa shape index (κ1) is 18.6. The summed E-state index contributed by atoms with van der Waals surface area (Å²) in [4.78, 5) is 29.3. The van der Waals surface area contributed by atoms with Crippen LogP contribution in [-0.2, 0) is 4.79 Å². The van der Waals surface area contributed by atoms with Crippen molar-refractivity contribution in [3.8, 4) is 10.6 Å². The number of carbonyl (C=O) groups is 2. The maximum Gasteiger partial charge on any atom is 0.281 e. The van der Waals surface area contributed by atoms with Gasteiger partial charge in [0.1, 0.15) is 15.7 Å². The molecule has 2 N–H and O–H groups in total. The van der Waals surface area contributed by atoms with E-state index in [1.54, 1.807) is 36.5 Å². The normalized spacial score (nSPS) is 10.5. The highest BCUT2D eigenvalue weighted by Crippen LogP contribution is 2.29. The van der Waals surface area contributed by atoms with Crippen LogP contribution in [0.15, 0.2) is 46.0 Å². The van der Waals surface area contributed by atoms with Gasteiger partial charge in [0.15, 0.2) is 0 Å². The van der Waals surface area contributed by atoms with E-state index in [-0.39, 0.29) is 11.6 Å². The molecule has 0 bridgehead atoms. The van der Waals surface area contributed by atoms with Crippen molar-refractivity contribution in [2.24, 2.45) is 0 Å². The molecular weight excluding hydrogens is 393 g/mol. The minimum Gasteiger partial charge on any atom is -0.272 e. The summed E-state index contributed by atoms with van der Waals surface area (Å²) in [5, 5.41) is 4.66. The lowest BCUT2D eigenvalue weighted by Crippen LogP contribution is -2.42. The van der Waals surface area contributed by atoms with E-state index in [2.05, 4.69) is 15.8 Å². The van der Waals surface area contributed by atoms with Gasteiger partial charge in [0.05, 0.1) is 11.4 Å². The predicted molar refractivity (Wildman–Crippen MR) is 103 cm³/mol. The molecule has 26 heavy (non-hydrogen) atoms. The van der Waals surface area contributed by atoms with E-state index in [1.165, 1.54) is 17.4 Å². The second kappa shape index (κ2) is 8.43. The second-order valence-corrected chi connectivity index (χ2v) is 7.96. The molecule has 1 aromatic carbocycles. The highest BCUT2D eigenvalue weighted by atomic mass is 32.2. The van der Waals surface area contributed by atoms with Crippen molar-refractivity contribution in [3.63, 3.8) is 0 Å². The summed E-state index contributed by atoms with van der Waals surface area (Å²) < 4.78 is 13.5. The lowest BCUT2D eigenvalue weighted by molar-refractivity contribution is -0.119. The summed E-state index contributed by atoms with van der Waals surface area (Å²) in [6.07, 6.45) is 0. The zero-order valence-electron chi connectivity index (χ0n) is 13.6. The van der Waals surface area contributed by atoms with Crippen LogP contribution in [0.4, 0.5) is 4.39 Å². The first-order valence-electron chi connectivity index (χ1n) is 7.51. The number of carbonyl (C=O) groups excluding carboxylic acids is 2. The van der Waals surface area contributed by atoms with Crippen molar-refractivity contribution in [1.82, 2.24) is 15.8 Å². The summed E-state index contributed by atoms with van der Waals surface area (Å²) >= 11 is 3.88. The molecule has 0 saturated carbocycles. The number of halogens is 1. The van der Waals surface area contributed by atoms with E-state index in [9.17, 15) is 14.0 Å². The number of nitrogens with one attached hydrogen (secondary N) is 2. The zero-order valence-corrected chi connectivity index (χ0v) is 16.1. The third kappa shape index (κ3) is 4.48. The monoisotopic (exact) mass is 407 g/mol. The van der Waals surface area contributed by atoms with Gasteiger partial charge in [-0.25, -0.2) is 9.37 Å². The first-order chi connectivity index (χ1) is 12.5. The fourth-order valence-corrected chi connectivity index (χ4v) is 4.45. The average molecular weight is 408 g/mol. The highest BCUT2D eigenvalue weighted by molar-refractivity contribution is 8.00. The number of amides is 2. The molecular formula is C17H14FN3O2S3. The van der Waals surface area contributed by atoms with Crippen molar-refractivity contribution >= 4 is 46.2 Å². The molecule has 2 aromatic heterocycles. The molecule has 0 aliphatic heterocycles. The topological polar surface area (TPSA) is 71.1 Å². The maximum absolute atomic E-state index is 13.5. The fraction of sp³-hybridized carbons (Fsp3) is 0.118. The number of hydrazine groups is 1. The Balaban J connectivity index is 1.54. The Hall–Kier alpha value is -2.23. The van der Waals surface area contributed by atoms with Gasteiger partial charge in [-0.1, -0.05) is 12.1 Å². The molecule has 3 rings (SSSR count). The lowest BCUT2D eigenvalue weighted by atomic mass is 10.3. The van der Waals surface area contributed by atoms with Gasteiger partial charge in [-0.3, -0.25) is 20.4 Å². The standard InChI is InChI=1S/C17H14FN3O2S3/c1-10-15(26-17(19-10)11-6-7-24-8-11)16(23)21-20-14(22)9-25-13-5-3-2-4-12(13)18/h2-8H,9H2,1H3,(H,20,22)(H,21,23). The molecule has 0 saturated heterocycles. The van der Waals surface area contributed by atoms with E-state index in [4.69, 9.17) is 0 Å². The first-order valence-corrected chi connectivity index (χ1v) is 10.3. The van der Waals surface area contributed by atoms with Crippen LogP contribution >= 0.6 is 34.4 Å². The molecule has 2 amide bonds. The van der Waals surface area contributed by atoms with Crippen LogP contribution in [0.5, 0.6) is 0 Å². The Morgan fingerprint density at radius 3 is 2.77 bits per heavy atom. The Labute approximate surface area is 161 Å². The molecule has 0 atom stereocenters. The minimum atomic E-state index is -0.425. The summed E-state index contributed by atoms with van der Waals surface area (Å²) in [7, 11) is 0. The van der Waals surface area contributed by atoms with Gasteiger partial charge in [0.25, 0.3) is 5.91 Å². The molecule has 0 unspecified atom stereocenters. The molecule has 0 spiro atoms. The third-order valence-corrected chi connectivity index (χ3v) is 6.22. The quantitative estimate of drug-likeness (QED) is 0.498. The van der Waals surface area contributed by atoms with Gasteiger partial charge in [0.2, 0.25) is 5.91 Å². The van der Waals surface area contributed by atoms with E-state index >= 15 is 0 Å². The average Bonchev–Trinajstić information content (AvgIpc) is 3.28. The second-order valence-electron chi connectivity index (χ2n) is 5.17. The fourth-order valence-electron chi connectivity index (χ4n) is 2.04. The summed E-state index contributed by atoms with van der Waals surface area (Å²) in [5.41, 5.74) is 6.28. The number of hydrogen-bond donors (Lipinski definition) is 2. The molecule has 2 heterocycles. The van der Waals surface area contributed by atoms with E-state index in [0.717, 1.165) is 22.3 Å². The van der Waals surface area contributed by atoms with Crippen LogP contribution < -0.4 is 10.9 Å². The van der Waals surface area contributed by atoms with Gasteiger partial charge in [-0.2, -0.15) is 11.3 Å². The summed E-state index contributed by atoms with van der Waals surface area (Å²) in [6, 6.07) is 8.15. The Morgan fingerprint density at radius 1 is 1.23 bits per heavy atom. The van der Waals surface area contributed by atoms with Crippen LogP contribution in [0.25, 0.3) is 10.6 Å². The van der Waals surface area contributed by atoms with Crippen LogP contribution in [0.2, 0.25) is 0 Å². The van der Waals surface area contributed by atoms with E-state index in [0.29, 0.717) is 15.5 Å². The SMILES string of the molecule is Cc1nc(-c2ccsc2)sc1C(=O)NNC(=O)CSc1ccccc1F. The number of rotatable bonds is 5. The van der Waals surface area contributed by atoms with Crippen LogP contribution in [0.1, 0.15) is 15.4 Å². The van der Waals surface area contributed by atoms with Gasteiger partial charge < -0.3 is 0 Å². The van der Waals surface area contributed by atoms with Gasteiger partial charge >= 0.3 is 0 Å². The summed E-state index contributed by atoms with van der Waals surface area (Å²) in [6.45, 7) is 1.75. The number of benzene rings is 1. The maximum atomic E-state index is 13.5. The van der Waals surface area contributed by atoms with Crippen molar-refractivity contribution < 1.29 is 14.0 Å². The summed E-state index contributed by atoms with van der Waals surface area (Å²) in [5.74, 6) is -1.24. The van der Waals surface area contributed by atoms with Gasteiger partial charge in [-0.15, -0.1) is 23.1 Å². The number of nitrogens with zero attached hydrogens (tertiary/aromatic N) is 1. The zero-order chi connectivity index (χ0) is 18.5.